The second kappa shape index (κ2) is 8.36. The summed E-state index contributed by atoms with van der Waals surface area (Å²) in [6, 6.07) is 10.3. The predicted molar refractivity (Wildman–Crippen MR) is 111 cm³/mol. The zero-order valence-corrected chi connectivity index (χ0v) is 17.4. The Balaban J connectivity index is 1.83. The Bertz CT molecular complexity index is 1150. The number of hydrazone groups is 1. The predicted octanol–water partition coefficient (Wildman–Crippen LogP) is 3.02. The van der Waals surface area contributed by atoms with Gasteiger partial charge in [-0.05, 0) is 55.3 Å². The quantitative estimate of drug-likeness (QED) is 0.457. The summed E-state index contributed by atoms with van der Waals surface area (Å²) in [5.41, 5.74) is 3.98. The van der Waals surface area contributed by atoms with Crippen LogP contribution in [0.25, 0.3) is 11.3 Å². The second-order valence-electron chi connectivity index (χ2n) is 6.37. The molecule has 0 aliphatic carbocycles. The van der Waals surface area contributed by atoms with E-state index < -0.39 is 10.0 Å². The monoisotopic (exact) mass is 414 g/mol. The Hall–Kier alpha value is -3.33. The van der Waals surface area contributed by atoms with Gasteiger partial charge in [-0.15, -0.1) is 0 Å². The van der Waals surface area contributed by atoms with Crippen molar-refractivity contribution in [3.63, 3.8) is 0 Å². The summed E-state index contributed by atoms with van der Waals surface area (Å²) >= 11 is 0. The molecule has 0 saturated carbocycles. The first-order chi connectivity index (χ1) is 13.9. The third-order valence-corrected chi connectivity index (χ3v) is 5.73. The van der Waals surface area contributed by atoms with Crippen molar-refractivity contribution in [3.8, 4) is 22.8 Å². The van der Waals surface area contributed by atoms with Crippen LogP contribution in [0.5, 0.6) is 11.5 Å². The summed E-state index contributed by atoms with van der Waals surface area (Å²) < 4.78 is 35.5. The number of hydrogen-bond donors (Lipinski definition) is 2. The van der Waals surface area contributed by atoms with E-state index in [0.29, 0.717) is 22.8 Å². The topological polar surface area (TPSA) is 106 Å². The summed E-state index contributed by atoms with van der Waals surface area (Å²) in [5, 5.41) is 10.8. The van der Waals surface area contributed by atoms with Gasteiger partial charge in [-0.1, -0.05) is 6.07 Å². The van der Waals surface area contributed by atoms with Gasteiger partial charge in [-0.25, -0.2) is 4.83 Å². The van der Waals surface area contributed by atoms with Crippen molar-refractivity contribution in [1.82, 2.24) is 15.0 Å². The number of benzene rings is 2. The number of sulfonamides is 1. The molecule has 0 saturated heterocycles. The van der Waals surface area contributed by atoms with E-state index in [2.05, 4.69) is 20.1 Å². The molecule has 0 atom stereocenters. The molecule has 0 aliphatic heterocycles. The molecule has 0 radical (unpaired) electrons. The fraction of sp³-hybridized carbons (Fsp3) is 0.200. The van der Waals surface area contributed by atoms with Crippen molar-refractivity contribution >= 4 is 16.2 Å². The van der Waals surface area contributed by atoms with Crippen molar-refractivity contribution < 1.29 is 17.9 Å². The van der Waals surface area contributed by atoms with Crippen LogP contribution >= 0.6 is 0 Å². The van der Waals surface area contributed by atoms with Gasteiger partial charge in [0.2, 0.25) is 0 Å². The molecule has 0 aliphatic rings. The summed E-state index contributed by atoms with van der Waals surface area (Å²) in [6.45, 7) is 3.78. The molecular weight excluding hydrogens is 392 g/mol. The number of aryl methyl sites for hydroxylation is 2. The van der Waals surface area contributed by atoms with Gasteiger partial charge in [0, 0.05) is 11.1 Å². The van der Waals surface area contributed by atoms with E-state index in [1.54, 1.807) is 50.7 Å². The van der Waals surface area contributed by atoms with Gasteiger partial charge in [0.05, 0.1) is 37.2 Å². The van der Waals surface area contributed by atoms with Crippen LogP contribution in [0.1, 0.15) is 16.7 Å². The molecule has 29 heavy (non-hydrogen) atoms. The number of aromatic amines is 1. The Morgan fingerprint density at radius 2 is 1.79 bits per heavy atom. The average Bonchev–Trinajstić information content (AvgIpc) is 3.17. The van der Waals surface area contributed by atoms with Crippen molar-refractivity contribution in [1.29, 1.82) is 0 Å². The third kappa shape index (κ3) is 4.40. The first-order valence-corrected chi connectivity index (χ1v) is 10.2. The SMILES string of the molecule is COc1ccc(-c2[nH]ncc2C=NNS(=O)(=O)c2ccc(C)c(C)c2)cc1OC. The zero-order chi connectivity index (χ0) is 21.0. The lowest BCUT2D eigenvalue weighted by atomic mass is 10.1. The highest BCUT2D eigenvalue weighted by atomic mass is 32.2. The summed E-state index contributed by atoms with van der Waals surface area (Å²) in [5.74, 6) is 1.17. The Morgan fingerprint density at radius 1 is 1.03 bits per heavy atom. The fourth-order valence-electron chi connectivity index (χ4n) is 2.72. The largest absolute Gasteiger partial charge is 0.493 e. The highest BCUT2D eigenvalue weighted by Gasteiger charge is 2.14. The van der Waals surface area contributed by atoms with E-state index in [1.165, 1.54) is 6.21 Å². The van der Waals surface area contributed by atoms with Crippen LogP contribution in [0.3, 0.4) is 0 Å². The minimum Gasteiger partial charge on any atom is -0.493 e. The molecule has 9 heteroatoms. The summed E-state index contributed by atoms with van der Waals surface area (Å²) in [6.07, 6.45) is 2.95. The maximum Gasteiger partial charge on any atom is 0.276 e. The van der Waals surface area contributed by atoms with E-state index in [9.17, 15) is 8.42 Å². The molecule has 0 bridgehead atoms. The van der Waals surface area contributed by atoms with Crippen molar-refractivity contribution in [2.24, 2.45) is 5.10 Å². The van der Waals surface area contributed by atoms with Gasteiger partial charge in [0.25, 0.3) is 10.0 Å². The normalized spacial score (nSPS) is 11.6. The van der Waals surface area contributed by atoms with Crippen LogP contribution < -0.4 is 14.3 Å². The molecule has 1 heterocycles. The van der Waals surface area contributed by atoms with Gasteiger partial charge in [-0.3, -0.25) is 5.10 Å². The standard InChI is InChI=1S/C20H22N4O4S/c1-13-5-7-17(9-14(13)2)29(25,26)24-22-12-16-11-21-23-20(16)15-6-8-18(27-3)19(10-15)28-4/h5-12,24H,1-4H3,(H,21,23). The number of nitrogens with zero attached hydrogens (tertiary/aromatic N) is 2. The maximum absolute atomic E-state index is 12.5. The smallest absolute Gasteiger partial charge is 0.276 e. The molecule has 0 fully saturated rings. The molecule has 2 N–H and O–H groups in total. The number of aromatic nitrogens is 2. The maximum atomic E-state index is 12.5. The van der Waals surface area contributed by atoms with E-state index in [4.69, 9.17) is 9.47 Å². The van der Waals surface area contributed by atoms with Crippen LogP contribution in [0.4, 0.5) is 0 Å². The first kappa shape index (κ1) is 20.4. The number of H-pyrrole nitrogens is 1. The lowest BCUT2D eigenvalue weighted by Gasteiger charge is -2.09. The molecular formula is C20H22N4O4S. The Kier molecular flexibility index (Phi) is 5.88. The molecule has 3 aromatic rings. The van der Waals surface area contributed by atoms with Gasteiger partial charge < -0.3 is 9.47 Å². The minimum absolute atomic E-state index is 0.157. The molecule has 0 unspecified atom stereocenters. The molecule has 8 nitrogen and oxygen atoms in total. The highest BCUT2D eigenvalue weighted by molar-refractivity contribution is 7.89. The van der Waals surface area contributed by atoms with Crippen LogP contribution in [-0.2, 0) is 10.0 Å². The van der Waals surface area contributed by atoms with Crippen LogP contribution in [-0.4, -0.2) is 39.0 Å². The van der Waals surface area contributed by atoms with Gasteiger partial charge >= 0.3 is 0 Å². The molecule has 3 rings (SSSR count). The number of methoxy groups -OCH3 is 2. The third-order valence-electron chi connectivity index (χ3n) is 4.51. The Labute approximate surface area is 169 Å². The lowest BCUT2D eigenvalue weighted by Crippen LogP contribution is -2.18. The summed E-state index contributed by atoms with van der Waals surface area (Å²) in [4.78, 5) is 2.39. The lowest BCUT2D eigenvalue weighted by molar-refractivity contribution is 0.355. The first-order valence-electron chi connectivity index (χ1n) is 8.73. The molecule has 0 spiro atoms. The number of rotatable bonds is 7. The number of hydrogen-bond acceptors (Lipinski definition) is 6. The second-order valence-corrected chi connectivity index (χ2v) is 8.03. The number of ether oxygens (including phenoxy) is 2. The zero-order valence-electron chi connectivity index (χ0n) is 16.6. The molecule has 152 valence electrons. The molecule has 1 aromatic heterocycles. The van der Waals surface area contributed by atoms with E-state index in [0.717, 1.165) is 16.7 Å². The minimum atomic E-state index is -3.76. The van der Waals surface area contributed by atoms with Crippen LogP contribution in [0.15, 0.2) is 52.6 Å². The van der Waals surface area contributed by atoms with Gasteiger partial charge in [0.15, 0.2) is 11.5 Å². The van der Waals surface area contributed by atoms with E-state index in [-0.39, 0.29) is 4.90 Å². The van der Waals surface area contributed by atoms with E-state index in [1.807, 2.05) is 19.9 Å². The van der Waals surface area contributed by atoms with Crippen LogP contribution in [0.2, 0.25) is 0 Å². The van der Waals surface area contributed by atoms with Gasteiger partial charge in [-0.2, -0.15) is 18.6 Å². The van der Waals surface area contributed by atoms with Gasteiger partial charge in [0.1, 0.15) is 0 Å². The van der Waals surface area contributed by atoms with Crippen molar-refractivity contribution in [2.75, 3.05) is 14.2 Å². The highest BCUT2D eigenvalue weighted by Crippen LogP contribution is 2.32. The van der Waals surface area contributed by atoms with E-state index >= 15 is 0 Å². The number of nitrogens with one attached hydrogen (secondary N) is 2. The molecule has 2 aromatic carbocycles. The Morgan fingerprint density at radius 3 is 2.48 bits per heavy atom. The summed E-state index contributed by atoms with van der Waals surface area (Å²) in [7, 11) is -0.648. The van der Waals surface area contributed by atoms with Crippen molar-refractivity contribution in [3.05, 3.63) is 59.3 Å². The van der Waals surface area contributed by atoms with Crippen molar-refractivity contribution in [2.45, 2.75) is 18.7 Å². The fourth-order valence-corrected chi connectivity index (χ4v) is 3.59. The van der Waals surface area contributed by atoms with Crippen LogP contribution in [0, 0.1) is 13.8 Å². The average molecular weight is 414 g/mol. The molecule has 0 amide bonds.